The molecule has 7 heteroatoms. The molecular formula is C19H20N6S. The Morgan fingerprint density at radius 2 is 2.04 bits per heavy atom. The average molecular weight is 364 g/mol. The number of rotatable bonds is 3. The third kappa shape index (κ3) is 2.73. The van der Waals surface area contributed by atoms with E-state index in [0.717, 1.165) is 55.3 Å². The molecule has 0 aromatic carbocycles. The Morgan fingerprint density at radius 1 is 1.15 bits per heavy atom. The first-order chi connectivity index (χ1) is 12.8. The predicted octanol–water partition coefficient (Wildman–Crippen LogP) is 3.20. The summed E-state index contributed by atoms with van der Waals surface area (Å²) in [5.41, 5.74) is 4.55. The highest BCUT2D eigenvalue weighted by Crippen LogP contribution is 2.31. The molecule has 0 spiro atoms. The first-order valence-electron chi connectivity index (χ1n) is 8.86. The molecule has 1 N–H and O–H groups in total. The van der Waals surface area contributed by atoms with Gasteiger partial charge in [-0.3, -0.25) is 9.88 Å². The molecular weight excluding hydrogens is 344 g/mol. The quantitative estimate of drug-likeness (QED) is 0.605. The number of pyridine rings is 1. The molecule has 0 bridgehead atoms. The number of fused-ring (bicyclic) bond motifs is 2. The number of hydrogen-bond donors (Lipinski definition) is 1. The van der Waals surface area contributed by atoms with Crippen LogP contribution >= 0.6 is 11.3 Å². The zero-order valence-corrected chi connectivity index (χ0v) is 15.5. The fraction of sp³-hybridized carbons (Fsp3) is 0.316. The minimum atomic E-state index is 0.895. The molecule has 6 nitrogen and oxygen atoms in total. The van der Waals surface area contributed by atoms with Crippen molar-refractivity contribution in [3.63, 3.8) is 0 Å². The summed E-state index contributed by atoms with van der Waals surface area (Å²) in [5.74, 6) is 1.08. The van der Waals surface area contributed by atoms with Crippen molar-refractivity contribution in [3.8, 4) is 0 Å². The molecule has 5 heterocycles. The van der Waals surface area contributed by atoms with E-state index in [1.165, 1.54) is 15.6 Å². The number of thiophene rings is 1. The van der Waals surface area contributed by atoms with Crippen LogP contribution in [0.2, 0.25) is 0 Å². The molecule has 26 heavy (non-hydrogen) atoms. The highest BCUT2D eigenvalue weighted by Gasteiger charge is 2.21. The minimum Gasteiger partial charge on any atom is -0.360 e. The Morgan fingerprint density at radius 3 is 2.92 bits per heavy atom. The van der Waals surface area contributed by atoms with Gasteiger partial charge in [0.25, 0.3) is 0 Å². The van der Waals surface area contributed by atoms with E-state index in [-0.39, 0.29) is 0 Å². The van der Waals surface area contributed by atoms with Crippen LogP contribution < -0.4 is 4.90 Å². The fourth-order valence-electron chi connectivity index (χ4n) is 3.61. The van der Waals surface area contributed by atoms with Gasteiger partial charge in [0.2, 0.25) is 0 Å². The maximum atomic E-state index is 4.59. The van der Waals surface area contributed by atoms with Gasteiger partial charge in [0.15, 0.2) is 0 Å². The van der Waals surface area contributed by atoms with Gasteiger partial charge in [0, 0.05) is 44.3 Å². The lowest BCUT2D eigenvalue weighted by Gasteiger charge is -2.35. The highest BCUT2D eigenvalue weighted by atomic mass is 32.1. The second-order valence-corrected chi connectivity index (χ2v) is 7.68. The van der Waals surface area contributed by atoms with E-state index in [9.17, 15) is 0 Å². The van der Waals surface area contributed by atoms with E-state index >= 15 is 0 Å². The third-order valence-electron chi connectivity index (χ3n) is 5.06. The smallest absolute Gasteiger partial charge is 0.150 e. The highest BCUT2D eigenvalue weighted by molar-refractivity contribution is 7.18. The molecule has 1 aliphatic heterocycles. The maximum Gasteiger partial charge on any atom is 0.150 e. The number of piperazine rings is 1. The lowest BCUT2D eigenvalue weighted by atomic mass is 10.2. The van der Waals surface area contributed by atoms with E-state index < -0.39 is 0 Å². The van der Waals surface area contributed by atoms with Crippen molar-refractivity contribution in [3.05, 3.63) is 47.5 Å². The van der Waals surface area contributed by atoms with Crippen molar-refractivity contribution in [1.29, 1.82) is 0 Å². The largest absolute Gasteiger partial charge is 0.360 e. The topological polar surface area (TPSA) is 60.9 Å². The predicted molar refractivity (Wildman–Crippen MR) is 106 cm³/mol. The number of nitrogens with one attached hydrogen (secondary N) is 1. The Labute approximate surface area is 155 Å². The second kappa shape index (κ2) is 6.34. The van der Waals surface area contributed by atoms with Gasteiger partial charge in [0.1, 0.15) is 12.1 Å². The van der Waals surface area contributed by atoms with Gasteiger partial charge in [-0.1, -0.05) is 0 Å². The summed E-state index contributed by atoms with van der Waals surface area (Å²) in [7, 11) is 0. The number of nitrogens with zero attached hydrogens (tertiary/aromatic N) is 5. The lowest BCUT2D eigenvalue weighted by molar-refractivity contribution is 0.247. The molecule has 0 aliphatic carbocycles. The van der Waals surface area contributed by atoms with E-state index in [1.54, 1.807) is 17.7 Å². The van der Waals surface area contributed by atoms with E-state index in [4.69, 9.17) is 0 Å². The standard InChI is InChI=1S/C19H20N6S/c1-13-11-26-18-17(13)22-12-23-19(18)25-6-4-24(5-7-25)10-15-8-14-2-3-20-16(14)9-21-15/h2-3,8-9,11-12,20H,4-7,10H2,1H3. The Hall–Kier alpha value is -2.51. The van der Waals surface area contributed by atoms with Gasteiger partial charge in [-0.15, -0.1) is 11.3 Å². The van der Waals surface area contributed by atoms with Gasteiger partial charge in [-0.05, 0) is 30.0 Å². The Bertz CT molecular complexity index is 1060. The van der Waals surface area contributed by atoms with Crippen LogP contribution in [0, 0.1) is 6.92 Å². The molecule has 0 saturated carbocycles. The molecule has 1 saturated heterocycles. The number of aryl methyl sites for hydroxylation is 1. The third-order valence-corrected chi connectivity index (χ3v) is 6.15. The number of aromatic nitrogens is 4. The van der Waals surface area contributed by atoms with Gasteiger partial charge in [-0.2, -0.15) is 0 Å². The average Bonchev–Trinajstić information content (AvgIpc) is 3.29. The monoisotopic (exact) mass is 364 g/mol. The molecule has 0 amide bonds. The van der Waals surface area contributed by atoms with Crippen molar-refractivity contribution < 1.29 is 0 Å². The van der Waals surface area contributed by atoms with Crippen molar-refractivity contribution in [2.75, 3.05) is 31.1 Å². The molecule has 132 valence electrons. The number of anilines is 1. The van der Waals surface area contributed by atoms with Crippen LogP contribution in [0.5, 0.6) is 0 Å². The van der Waals surface area contributed by atoms with Gasteiger partial charge in [0.05, 0.1) is 27.6 Å². The minimum absolute atomic E-state index is 0.895. The first kappa shape index (κ1) is 15.7. The summed E-state index contributed by atoms with van der Waals surface area (Å²) in [6.07, 6.45) is 5.58. The summed E-state index contributed by atoms with van der Waals surface area (Å²) in [5, 5.41) is 3.40. The van der Waals surface area contributed by atoms with Crippen LogP contribution in [0.4, 0.5) is 5.82 Å². The molecule has 1 fully saturated rings. The lowest BCUT2D eigenvalue weighted by Crippen LogP contribution is -2.46. The molecule has 0 atom stereocenters. The molecule has 4 aromatic heterocycles. The summed E-state index contributed by atoms with van der Waals surface area (Å²) in [6, 6.07) is 4.28. The van der Waals surface area contributed by atoms with E-state index in [0.29, 0.717) is 0 Å². The molecule has 5 rings (SSSR count). The normalized spacial score (nSPS) is 16.0. The molecule has 4 aromatic rings. The van der Waals surface area contributed by atoms with Crippen LogP contribution in [-0.4, -0.2) is 51.0 Å². The van der Waals surface area contributed by atoms with E-state index in [2.05, 4.69) is 54.2 Å². The number of aromatic amines is 1. The van der Waals surface area contributed by atoms with Crippen molar-refractivity contribution in [1.82, 2.24) is 24.8 Å². The summed E-state index contributed by atoms with van der Waals surface area (Å²) in [4.78, 5) is 21.7. The van der Waals surface area contributed by atoms with Gasteiger partial charge >= 0.3 is 0 Å². The first-order valence-corrected chi connectivity index (χ1v) is 9.74. The Balaban J connectivity index is 1.29. The zero-order valence-electron chi connectivity index (χ0n) is 14.6. The van der Waals surface area contributed by atoms with Crippen molar-refractivity contribution in [2.45, 2.75) is 13.5 Å². The molecule has 0 unspecified atom stereocenters. The fourth-order valence-corrected chi connectivity index (χ4v) is 4.63. The van der Waals surface area contributed by atoms with Gasteiger partial charge in [-0.25, -0.2) is 9.97 Å². The SMILES string of the molecule is Cc1csc2c(N3CCN(Cc4cc5cc[nH]c5cn4)CC3)ncnc12. The van der Waals surface area contributed by atoms with Crippen LogP contribution in [-0.2, 0) is 6.54 Å². The molecule has 1 aliphatic rings. The zero-order chi connectivity index (χ0) is 17.5. The van der Waals surface area contributed by atoms with Gasteiger partial charge < -0.3 is 9.88 Å². The summed E-state index contributed by atoms with van der Waals surface area (Å²) >= 11 is 1.75. The maximum absolute atomic E-state index is 4.59. The Kier molecular flexibility index (Phi) is 3.83. The van der Waals surface area contributed by atoms with Crippen molar-refractivity contribution in [2.24, 2.45) is 0 Å². The van der Waals surface area contributed by atoms with E-state index in [1.807, 2.05) is 12.4 Å². The second-order valence-electron chi connectivity index (χ2n) is 6.80. The van der Waals surface area contributed by atoms with Crippen molar-refractivity contribution >= 4 is 38.3 Å². The summed E-state index contributed by atoms with van der Waals surface area (Å²) in [6.45, 7) is 7.00. The molecule has 0 radical (unpaired) electrons. The van der Waals surface area contributed by atoms with Crippen LogP contribution in [0.25, 0.3) is 21.1 Å². The summed E-state index contributed by atoms with van der Waals surface area (Å²) < 4.78 is 1.21. The number of hydrogen-bond acceptors (Lipinski definition) is 6. The number of H-pyrrole nitrogens is 1. The van der Waals surface area contributed by atoms with Crippen LogP contribution in [0.15, 0.2) is 36.2 Å². The van der Waals surface area contributed by atoms with Crippen LogP contribution in [0.1, 0.15) is 11.3 Å². The van der Waals surface area contributed by atoms with Crippen LogP contribution in [0.3, 0.4) is 0 Å².